The van der Waals surface area contributed by atoms with E-state index in [0.717, 1.165) is 15.9 Å². The molecule has 0 fully saturated rings. The van der Waals surface area contributed by atoms with Gasteiger partial charge in [-0.3, -0.25) is 0 Å². The van der Waals surface area contributed by atoms with Crippen molar-refractivity contribution >= 4 is 27.5 Å². The molecule has 0 unspecified atom stereocenters. The molecular formula is C14H12BrCl. The van der Waals surface area contributed by atoms with Crippen molar-refractivity contribution < 1.29 is 0 Å². The zero-order chi connectivity index (χ0) is 11.5. The van der Waals surface area contributed by atoms with Gasteiger partial charge >= 0.3 is 0 Å². The van der Waals surface area contributed by atoms with Crippen LogP contribution >= 0.6 is 27.5 Å². The summed E-state index contributed by atoms with van der Waals surface area (Å²) in [6.45, 7) is 2.06. The maximum absolute atomic E-state index is 6.33. The van der Waals surface area contributed by atoms with E-state index < -0.39 is 0 Å². The lowest BCUT2D eigenvalue weighted by atomic mass is 9.99. The molecule has 0 aliphatic heterocycles. The molecule has 0 nitrogen and oxygen atoms in total. The first-order chi connectivity index (χ1) is 7.72. The highest BCUT2D eigenvalue weighted by atomic mass is 79.9. The normalized spacial score (nSPS) is 10.4. The number of alkyl halides is 1. The van der Waals surface area contributed by atoms with Gasteiger partial charge in [0.25, 0.3) is 0 Å². The first-order valence-corrected chi connectivity index (χ1v) is 6.62. The van der Waals surface area contributed by atoms with E-state index in [1.54, 1.807) is 0 Å². The largest absolute Gasteiger partial charge is 0.0876 e. The van der Waals surface area contributed by atoms with Gasteiger partial charge in [0.1, 0.15) is 0 Å². The molecule has 0 amide bonds. The SMILES string of the molecule is Cc1cc(Cl)c(-c2ccccc2)c(CBr)c1. The summed E-state index contributed by atoms with van der Waals surface area (Å²) in [6.07, 6.45) is 0. The van der Waals surface area contributed by atoms with E-state index in [2.05, 4.69) is 41.1 Å². The monoisotopic (exact) mass is 294 g/mol. The predicted octanol–water partition coefficient (Wildman–Crippen LogP) is 5.21. The number of hydrogen-bond donors (Lipinski definition) is 0. The second-order valence-electron chi connectivity index (χ2n) is 3.78. The zero-order valence-electron chi connectivity index (χ0n) is 9.00. The van der Waals surface area contributed by atoms with E-state index in [1.165, 1.54) is 16.7 Å². The zero-order valence-corrected chi connectivity index (χ0v) is 11.3. The Bertz CT molecular complexity index is 492. The molecule has 2 aromatic carbocycles. The topological polar surface area (TPSA) is 0 Å². The van der Waals surface area contributed by atoms with Gasteiger partial charge in [0.15, 0.2) is 0 Å². The number of halogens is 2. The Labute approximate surface area is 109 Å². The van der Waals surface area contributed by atoms with Crippen LogP contribution in [0.4, 0.5) is 0 Å². The molecule has 0 spiro atoms. The Kier molecular flexibility index (Phi) is 3.67. The van der Waals surface area contributed by atoms with Crippen LogP contribution in [0.5, 0.6) is 0 Å². The van der Waals surface area contributed by atoms with E-state index in [-0.39, 0.29) is 0 Å². The fourth-order valence-electron chi connectivity index (χ4n) is 1.85. The fourth-order valence-corrected chi connectivity index (χ4v) is 2.69. The molecule has 0 bridgehead atoms. The number of benzene rings is 2. The van der Waals surface area contributed by atoms with Crippen molar-refractivity contribution in [1.29, 1.82) is 0 Å². The Morgan fingerprint density at radius 1 is 1.12 bits per heavy atom. The second kappa shape index (κ2) is 5.03. The van der Waals surface area contributed by atoms with Crippen molar-refractivity contribution in [3.05, 3.63) is 58.6 Å². The van der Waals surface area contributed by atoms with Gasteiger partial charge in [-0.05, 0) is 29.7 Å². The Morgan fingerprint density at radius 2 is 1.81 bits per heavy atom. The highest BCUT2D eigenvalue weighted by Gasteiger charge is 2.09. The Balaban J connectivity index is 2.64. The van der Waals surface area contributed by atoms with Gasteiger partial charge in [0.05, 0.1) is 0 Å². The minimum atomic E-state index is 0.818. The van der Waals surface area contributed by atoms with Crippen molar-refractivity contribution in [1.82, 2.24) is 0 Å². The molecule has 2 heteroatoms. The van der Waals surface area contributed by atoms with Gasteiger partial charge in [0, 0.05) is 15.9 Å². The quantitative estimate of drug-likeness (QED) is 0.667. The molecule has 0 radical (unpaired) electrons. The van der Waals surface area contributed by atoms with Crippen molar-refractivity contribution in [3.63, 3.8) is 0 Å². The lowest BCUT2D eigenvalue weighted by Gasteiger charge is -2.11. The summed E-state index contributed by atoms with van der Waals surface area (Å²) in [5.41, 5.74) is 4.72. The van der Waals surface area contributed by atoms with Crippen molar-refractivity contribution in [2.24, 2.45) is 0 Å². The summed E-state index contributed by atoms with van der Waals surface area (Å²) in [5, 5.41) is 1.64. The van der Waals surface area contributed by atoms with Crippen molar-refractivity contribution in [2.75, 3.05) is 0 Å². The molecule has 0 aliphatic carbocycles. The summed E-state index contributed by atoms with van der Waals surface area (Å²) in [4.78, 5) is 0. The van der Waals surface area contributed by atoms with Crippen LogP contribution in [0.15, 0.2) is 42.5 Å². The maximum Gasteiger partial charge on any atom is 0.0490 e. The van der Waals surface area contributed by atoms with E-state index in [9.17, 15) is 0 Å². The molecule has 0 atom stereocenters. The van der Waals surface area contributed by atoms with Crippen LogP contribution in [0.1, 0.15) is 11.1 Å². The molecular weight excluding hydrogens is 284 g/mol. The Morgan fingerprint density at radius 3 is 2.44 bits per heavy atom. The summed E-state index contributed by atoms with van der Waals surface area (Å²) >= 11 is 9.84. The van der Waals surface area contributed by atoms with E-state index in [4.69, 9.17) is 11.6 Å². The summed E-state index contributed by atoms with van der Waals surface area (Å²) in [7, 11) is 0. The second-order valence-corrected chi connectivity index (χ2v) is 4.75. The van der Waals surface area contributed by atoms with E-state index in [1.807, 2.05) is 24.3 Å². The number of rotatable bonds is 2. The van der Waals surface area contributed by atoms with Crippen LogP contribution in [0.25, 0.3) is 11.1 Å². The van der Waals surface area contributed by atoms with Crippen LogP contribution in [-0.4, -0.2) is 0 Å². The van der Waals surface area contributed by atoms with Crippen LogP contribution in [-0.2, 0) is 5.33 Å². The molecule has 0 saturated carbocycles. The molecule has 0 saturated heterocycles. The first kappa shape index (κ1) is 11.7. The van der Waals surface area contributed by atoms with Gasteiger partial charge in [0.2, 0.25) is 0 Å². The van der Waals surface area contributed by atoms with E-state index in [0.29, 0.717) is 0 Å². The van der Waals surface area contributed by atoms with Gasteiger partial charge in [-0.1, -0.05) is 63.9 Å². The van der Waals surface area contributed by atoms with Gasteiger partial charge in [-0.15, -0.1) is 0 Å². The van der Waals surface area contributed by atoms with Gasteiger partial charge in [-0.25, -0.2) is 0 Å². The van der Waals surface area contributed by atoms with Crippen LogP contribution < -0.4 is 0 Å². The number of hydrogen-bond acceptors (Lipinski definition) is 0. The molecule has 0 aromatic heterocycles. The Hall–Kier alpha value is -0.790. The summed E-state index contributed by atoms with van der Waals surface area (Å²) < 4.78 is 0. The molecule has 2 aromatic rings. The fraction of sp³-hybridized carbons (Fsp3) is 0.143. The highest BCUT2D eigenvalue weighted by Crippen LogP contribution is 2.33. The van der Waals surface area contributed by atoms with Crippen LogP contribution in [0.3, 0.4) is 0 Å². The van der Waals surface area contributed by atoms with Crippen molar-refractivity contribution in [2.45, 2.75) is 12.3 Å². The smallest absolute Gasteiger partial charge is 0.0490 e. The molecule has 82 valence electrons. The van der Waals surface area contributed by atoms with Crippen LogP contribution in [0, 0.1) is 6.92 Å². The van der Waals surface area contributed by atoms with Crippen LogP contribution in [0.2, 0.25) is 5.02 Å². The lowest BCUT2D eigenvalue weighted by molar-refractivity contribution is 1.36. The van der Waals surface area contributed by atoms with Crippen molar-refractivity contribution in [3.8, 4) is 11.1 Å². The highest BCUT2D eigenvalue weighted by molar-refractivity contribution is 9.08. The minimum Gasteiger partial charge on any atom is -0.0876 e. The third-order valence-corrected chi connectivity index (χ3v) is 3.42. The third-order valence-electron chi connectivity index (χ3n) is 2.52. The third kappa shape index (κ3) is 2.31. The molecule has 0 N–H and O–H groups in total. The molecule has 16 heavy (non-hydrogen) atoms. The predicted molar refractivity (Wildman–Crippen MR) is 74.3 cm³/mol. The molecule has 0 heterocycles. The van der Waals surface area contributed by atoms with Gasteiger partial charge in [-0.2, -0.15) is 0 Å². The standard InChI is InChI=1S/C14H12BrCl/c1-10-7-12(9-15)14(13(16)8-10)11-5-3-2-4-6-11/h2-8H,9H2,1H3. The average Bonchev–Trinajstić information content (AvgIpc) is 2.29. The summed E-state index contributed by atoms with van der Waals surface area (Å²) in [5.74, 6) is 0. The van der Waals surface area contributed by atoms with Gasteiger partial charge < -0.3 is 0 Å². The first-order valence-electron chi connectivity index (χ1n) is 5.13. The lowest BCUT2D eigenvalue weighted by Crippen LogP contribution is -1.89. The molecule has 2 rings (SSSR count). The van der Waals surface area contributed by atoms with E-state index >= 15 is 0 Å². The molecule has 0 aliphatic rings. The average molecular weight is 296 g/mol. The number of aryl methyl sites for hydroxylation is 1. The summed E-state index contributed by atoms with van der Waals surface area (Å²) in [6, 6.07) is 14.4. The minimum absolute atomic E-state index is 0.818. The maximum atomic E-state index is 6.33.